The zero-order valence-corrected chi connectivity index (χ0v) is 16.8. The van der Waals surface area contributed by atoms with Gasteiger partial charge in [-0.1, -0.05) is 30.3 Å². The Bertz CT molecular complexity index is 1100. The van der Waals surface area contributed by atoms with Crippen LogP contribution in [0, 0.1) is 6.92 Å². The van der Waals surface area contributed by atoms with E-state index in [4.69, 9.17) is 17.2 Å². The maximum Gasteiger partial charge on any atom is 0.267 e. The summed E-state index contributed by atoms with van der Waals surface area (Å²) in [6, 6.07) is 17.6. The molecule has 1 amide bonds. The number of anilines is 1. The number of amides is 1. The fourth-order valence-corrected chi connectivity index (χ4v) is 4.59. The summed E-state index contributed by atoms with van der Waals surface area (Å²) in [6.45, 7) is 2.02. The molecule has 0 saturated heterocycles. The number of thiophene rings is 1. The Morgan fingerprint density at radius 2 is 1.93 bits per heavy atom. The molecule has 2 heterocycles. The van der Waals surface area contributed by atoms with E-state index in [-0.39, 0.29) is 11.0 Å². The van der Waals surface area contributed by atoms with Gasteiger partial charge >= 0.3 is 0 Å². The number of benzene rings is 2. The number of hydrogen-bond donors (Lipinski definition) is 2. The molecule has 4 rings (SSSR count). The zero-order valence-electron chi connectivity index (χ0n) is 14.4. The van der Waals surface area contributed by atoms with E-state index in [0.29, 0.717) is 4.88 Å². The van der Waals surface area contributed by atoms with Gasteiger partial charge in [-0.15, -0.1) is 22.7 Å². The standard InChI is InChI=1S/C20H15N3OS3/c1-12-13(19-21-15-7-2-3-9-16(15)27-19)6-4-8-14(12)22-20(25)23-18(24)17-10-5-11-26-17/h2-11H,1H3,(H2,22,23,24,25). The Hall–Kier alpha value is -2.61. The average Bonchev–Trinajstić information content (AvgIpc) is 3.33. The maximum atomic E-state index is 12.1. The summed E-state index contributed by atoms with van der Waals surface area (Å²) < 4.78 is 1.16. The third kappa shape index (κ3) is 3.75. The van der Waals surface area contributed by atoms with Crippen molar-refractivity contribution in [2.45, 2.75) is 6.92 Å². The molecule has 0 bridgehead atoms. The minimum Gasteiger partial charge on any atom is -0.332 e. The van der Waals surface area contributed by atoms with E-state index in [2.05, 4.69) is 16.7 Å². The van der Waals surface area contributed by atoms with Gasteiger partial charge < -0.3 is 5.32 Å². The molecule has 0 aliphatic rings. The number of nitrogens with zero attached hydrogens (tertiary/aromatic N) is 1. The molecular formula is C20H15N3OS3. The van der Waals surface area contributed by atoms with E-state index >= 15 is 0 Å². The molecular weight excluding hydrogens is 394 g/mol. The third-order valence-corrected chi connectivity index (χ3v) is 6.22. The smallest absolute Gasteiger partial charge is 0.267 e. The fraction of sp³-hybridized carbons (Fsp3) is 0.0500. The van der Waals surface area contributed by atoms with Gasteiger partial charge in [-0.2, -0.15) is 0 Å². The minimum absolute atomic E-state index is 0.206. The number of nitrogens with one attached hydrogen (secondary N) is 2. The lowest BCUT2D eigenvalue weighted by molar-refractivity contribution is 0.0981. The highest BCUT2D eigenvalue weighted by Crippen LogP contribution is 2.34. The molecule has 134 valence electrons. The number of carbonyl (C=O) groups excluding carboxylic acids is 1. The number of carbonyl (C=O) groups is 1. The van der Waals surface area contributed by atoms with Crippen molar-refractivity contribution in [3.8, 4) is 10.6 Å². The number of thiazole rings is 1. The lowest BCUT2D eigenvalue weighted by atomic mass is 10.1. The molecule has 0 atom stereocenters. The van der Waals surface area contributed by atoms with Crippen molar-refractivity contribution in [3.05, 3.63) is 70.4 Å². The predicted octanol–water partition coefficient (Wildman–Crippen LogP) is 5.46. The van der Waals surface area contributed by atoms with E-state index in [0.717, 1.165) is 32.0 Å². The van der Waals surface area contributed by atoms with Gasteiger partial charge in [0.2, 0.25) is 0 Å². The lowest BCUT2D eigenvalue weighted by Gasteiger charge is -2.13. The Balaban J connectivity index is 1.56. The number of aromatic nitrogens is 1. The molecule has 0 saturated carbocycles. The maximum absolute atomic E-state index is 12.1. The summed E-state index contributed by atoms with van der Waals surface area (Å²) in [6.07, 6.45) is 0. The highest BCUT2D eigenvalue weighted by molar-refractivity contribution is 7.80. The lowest BCUT2D eigenvalue weighted by Crippen LogP contribution is -2.33. The molecule has 0 spiro atoms. The summed E-state index contributed by atoms with van der Waals surface area (Å²) in [5, 5.41) is 8.94. The van der Waals surface area contributed by atoms with Crippen LogP contribution < -0.4 is 10.6 Å². The highest BCUT2D eigenvalue weighted by atomic mass is 32.1. The molecule has 0 unspecified atom stereocenters. The summed E-state index contributed by atoms with van der Waals surface area (Å²) in [5.41, 5.74) is 3.93. The molecule has 0 fully saturated rings. The van der Waals surface area contributed by atoms with Gasteiger partial charge in [-0.3, -0.25) is 10.1 Å². The number of fused-ring (bicyclic) bond motifs is 1. The quantitative estimate of drug-likeness (QED) is 0.441. The average molecular weight is 410 g/mol. The van der Waals surface area contributed by atoms with Gasteiger partial charge in [0.15, 0.2) is 5.11 Å². The van der Waals surface area contributed by atoms with Crippen LogP contribution in [0.25, 0.3) is 20.8 Å². The molecule has 2 N–H and O–H groups in total. The van der Waals surface area contributed by atoms with Crippen LogP contribution >= 0.6 is 34.9 Å². The monoisotopic (exact) mass is 409 g/mol. The number of para-hydroxylation sites is 1. The molecule has 7 heteroatoms. The summed E-state index contributed by atoms with van der Waals surface area (Å²) in [5.74, 6) is -0.206. The molecule has 2 aromatic heterocycles. The molecule has 2 aromatic carbocycles. The summed E-state index contributed by atoms with van der Waals surface area (Å²) >= 11 is 8.35. The number of thiocarbonyl (C=S) groups is 1. The first kappa shape index (κ1) is 17.8. The molecule has 4 aromatic rings. The van der Waals surface area contributed by atoms with Crippen LogP contribution in [-0.4, -0.2) is 16.0 Å². The first-order valence-corrected chi connectivity index (χ1v) is 10.3. The summed E-state index contributed by atoms with van der Waals surface area (Å²) in [7, 11) is 0. The topological polar surface area (TPSA) is 54.0 Å². The van der Waals surface area contributed by atoms with Crippen LogP contribution in [0.15, 0.2) is 60.0 Å². The first-order chi connectivity index (χ1) is 13.1. The van der Waals surface area contributed by atoms with Crippen LogP contribution in [-0.2, 0) is 0 Å². The SMILES string of the molecule is Cc1c(NC(=S)NC(=O)c2cccs2)cccc1-c1nc2ccccc2s1. The van der Waals surface area contributed by atoms with Crippen molar-refractivity contribution in [2.24, 2.45) is 0 Å². The van der Waals surface area contributed by atoms with Crippen LogP contribution in [0.3, 0.4) is 0 Å². The van der Waals surface area contributed by atoms with Crippen LogP contribution in [0.5, 0.6) is 0 Å². The second kappa shape index (κ2) is 7.56. The van der Waals surface area contributed by atoms with Gasteiger partial charge in [0.05, 0.1) is 15.1 Å². The van der Waals surface area contributed by atoms with E-state index in [1.165, 1.54) is 11.3 Å². The highest BCUT2D eigenvalue weighted by Gasteiger charge is 2.13. The Kier molecular flexibility index (Phi) is 4.98. The third-order valence-electron chi connectivity index (χ3n) is 4.08. The molecule has 0 aliphatic heterocycles. The minimum atomic E-state index is -0.206. The van der Waals surface area contributed by atoms with Crippen molar-refractivity contribution in [1.29, 1.82) is 0 Å². The molecule has 0 aliphatic carbocycles. The van der Waals surface area contributed by atoms with Crippen molar-refractivity contribution < 1.29 is 4.79 Å². The molecule has 4 nitrogen and oxygen atoms in total. The van der Waals surface area contributed by atoms with Crippen molar-refractivity contribution in [1.82, 2.24) is 10.3 Å². The van der Waals surface area contributed by atoms with Gasteiger partial charge in [0.1, 0.15) is 5.01 Å². The van der Waals surface area contributed by atoms with E-state index in [9.17, 15) is 4.79 Å². The Morgan fingerprint density at radius 1 is 1.07 bits per heavy atom. The van der Waals surface area contributed by atoms with E-state index in [1.807, 2.05) is 54.8 Å². The van der Waals surface area contributed by atoms with E-state index < -0.39 is 0 Å². The normalized spacial score (nSPS) is 10.7. The second-order valence-electron chi connectivity index (χ2n) is 5.85. The van der Waals surface area contributed by atoms with Crippen LogP contribution in [0.1, 0.15) is 15.2 Å². The first-order valence-electron chi connectivity index (χ1n) is 8.23. The fourth-order valence-electron chi connectivity index (χ4n) is 2.72. The van der Waals surface area contributed by atoms with Gasteiger partial charge in [0.25, 0.3) is 5.91 Å². The van der Waals surface area contributed by atoms with Crippen molar-refractivity contribution in [2.75, 3.05) is 5.32 Å². The van der Waals surface area contributed by atoms with Crippen LogP contribution in [0.4, 0.5) is 5.69 Å². The number of hydrogen-bond acceptors (Lipinski definition) is 5. The predicted molar refractivity (Wildman–Crippen MR) is 118 cm³/mol. The van der Waals surface area contributed by atoms with Crippen molar-refractivity contribution in [3.63, 3.8) is 0 Å². The zero-order chi connectivity index (χ0) is 18.8. The van der Waals surface area contributed by atoms with Gasteiger partial charge in [-0.25, -0.2) is 4.98 Å². The second-order valence-corrected chi connectivity index (χ2v) is 8.24. The van der Waals surface area contributed by atoms with E-state index in [1.54, 1.807) is 17.4 Å². The van der Waals surface area contributed by atoms with Crippen molar-refractivity contribution >= 4 is 61.8 Å². The number of rotatable bonds is 3. The Labute approximate surface area is 169 Å². The Morgan fingerprint density at radius 3 is 2.70 bits per heavy atom. The molecule has 0 radical (unpaired) electrons. The van der Waals surface area contributed by atoms with Crippen LogP contribution in [0.2, 0.25) is 0 Å². The van der Waals surface area contributed by atoms with Gasteiger partial charge in [-0.05, 0) is 54.4 Å². The van der Waals surface area contributed by atoms with Gasteiger partial charge in [0, 0.05) is 11.3 Å². The molecule has 27 heavy (non-hydrogen) atoms. The summed E-state index contributed by atoms with van der Waals surface area (Å²) in [4.78, 5) is 17.5. The largest absolute Gasteiger partial charge is 0.332 e.